The van der Waals surface area contributed by atoms with Crippen molar-refractivity contribution in [1.82, 2.24) is 0 Å². The van der Waals surface area contributed by atoms with E-state index in [0.717, 1.165) is 33.9 Å². The summed E-state index contributed by atoms with van der Waals surface area (Å²) in [5.74, 6) is 1.62. The van der Waals surface area contributed by atoms with Crippen LogP contribution < -0.4 is 9.64 Å². The Morgan fingerprint density at radius 3 is 2.48 bits per heavy atom. The lowest BCUT2D eigenvalue weighted by Crippen LogP contribution is -2.20. The molecule has 0 atom stereocenters. The lowest BCUT2D eigenvalue weighted by atomic mass is 10.1. The van der Waals surface area contributed by atoms with Gasteiger partial charge in [0.05, 0.1) is 11.4 Å². The third kappa shape index (κ3) is 2.71. The van der Waals surface area contributed by atoms with Gasteiger partial charge in [-0.25, -0.2) is 0 Å². The number of hydrogen-bond donors (Lipinski definition) is 0. The number of ether oxygens (including phenoxy) is 1. The van der Waals surface area contributed by atoms with Gasteiger partial charge in [0.1, 0.15) is 0 Å². The highest BCUT2D eigenvalue weighted by molar-refractivity contribution is 9.10. The summed E-state index contributed by atoms with van der Waals surface area (Å²) < 4.78 is 7.12. The Labute approximate surface area is 148 Å². The van der Waals surface area contributed by atoms with Crippen molar-refractivity contribution in [2.24, 2.45) is 0 Å². The van der Waals surface area contributed by atoms with Crippen LogP contribution in [0.15, 0.2) is 71.2 Å². The molecular formula is C19H13BrClNO. The Morgan fingerprint density at radius 2 is 1.61 bits per heavy atom. The van der Waals surface area contributed by atoms with Gasteiger partial charge in [-0.3, -0.25) is 0 Å². The van der Waals surface area contributed by atoms with E-state index < -0.39 is 0 Å². The van der Waals surface area contributed by atoms with E-state index in [-0.39, 0.29) is 0 Å². The standard InChI is InChI=1S/C19H13BrClNO/c20-15-6-2-1-5-13(15)12-22-16-7-3-4-8-18(16)23-19-11-14(21)9-10-17(19)22/h1-11H,12H2. The van der Waals surface area contributed by atoms with Gasteiger partial charge in [-0.2, -0.15) is 0 Å². The molecular weight excluding hydrogens is 374 g/mol. The van der Waals surface area contributed by atoms with Crippen LogP contribution in [-0.4, -0.2) is 0 Å². The first-order valence-electron chi connectivity index (χ1n) is 7.30. The minimum Gasteiger partial charge on any atom is -0.453 e. The fourth-order valence-electron chi connectivity index (χ4n) is 2.77. The molecule has 0 saturated carbocycles. The zero-order chi connectivity index (χ0) is 15.8. The van der Waals surface area contributed by atoms with Gasteiger partial charge in [0, 0.05) is 22.1 Å². The maximum absolute atomic E-state index is 6.13. The molecule has 4 rings (SSSR count). The molecule has 0 aromatic heterocycles. The van der Waals surface area contributed by atoms with Crippen molar-refractivity contribution in [3.05, 3.63) is 81.8 Å². The van der Waals surface area contributed by atoms with Crippen LogP contribution >= 0.6 is 27.5 Å². The zero-order valence-electron chi connectivity index (χ0n) is 12.2. The maximum Gasteiger partial charge on any atom is 0.152 e. The largest absolute Gasteiger partial charge is 0.453 e. The molecule has 0 saturated heterocycles. The van der Waals surface area contributed by atoms with Gasteiger partial charge in [0.15, 0.2) is 11.5 Å². The van der Waals surface area contributed by atoms with Gasteiger partial charge in [0.25, 0.3) is 0 Å². The summed E-state index contributed by atoms with van der Waals surface area (Å²) in [6, 6.07) is 22.1. The van der Waals surface area contributed by atoms with E-state index >= 15 is 0 Å². The van der Waals surface area contributed by atoms with Gasteiger partial charge >= 0.3 is 0 Å². The maximum atomic E-state index is 6.13. The van der Waals surface area contributed by atoms with E-state index in [9.17, 15) is 0 Å². The molecule has 0 radical (unpaired) electrons. The number of halogens is 2. The summed E-state index contributed by atoms with van der Waals surface area (Å²) in [4.78, 5) is 2.25. The monoisotopic (exact) mass is 385 g/mol. The van der Waals surface area contributed by atoms with Crippen LogP contribution in [0.5, 0.6) is 11.5 Å². The average molecular weight is 387 g/mol. The molecule has 23 heavy (non-hydrogen) atoms. The predicted octanol–water partition coefficient (Wildman–Crippen LogP) is 6.55. The second-order valence-corrected chi connectivity index (χ2v) is 6.65. The minimum absolute atomic E-state index is 0.670. The smallest absolute Gasteiger partial charge is 0.152 e. The number of hydrogen-bond acceptors (Lipinski definition) is 2. The van der Waals surface area contributed by atoms with Gasteiger partial charge in [-0.1, -0.05) is 57.9 Å². The topological polar surface area (TPSA) is 12.5 Å². The molecule has 2 nitrogen and oxygen atoms in total. The van der Waals surface area contributed by atoms with Crippen LogP contribution in [0.1, 0.15) is 5.56 Å². The summed E-state index contributed by atoms with van der Waals surface area (Å²) in [6.07, 6.45) is 0. The molecule has 114 valence electrons. The van der Waals surface area contributed by atoms with Crippen LogP contribution in [-0.2, 0) is 6.54 Å². The van der Waals surface area contributed by atoms with Gasteiger partial charge in [0.2, 0.25) is 0 Å². The summed E-state index contributed by atoms with van der Waals surface area (Å²) in [6.45, 7) is 0.746. The molecule has 1 aliphatic heterocycles. The molecule has 3 aromatic carbocycles. The highest BCUT2D eigenvalue weighted by atomic mass is 79.9. The molecule has 1 aliphatic rings. The second kappa shape index (κ2) is 5.91. The van der Waals surface area contributed by atoms with Crippen LogP contribution in [0, 0.1) is 0 Å². The average Bonchev–Trinajstić information content (AvgIpc) is 2.56. The molecule has 4 heteroatoms. The SMILES string of the molecule is Clc1ccc2c(c1)Oc1ccccc1N2Cc1ccccc1Br. The van der Waals surface area contributed by atoms with E-state index in [1.54, 1.807) is 0 Å². The van der Waals surface area contributed by atoms with E-state index in [4.69, 9.17) is 16.3 Å². The van der Waals surface area contributed by atoms with Crippen molar-refractivity contribution in [2.45, 2.75) is 6.54 Å². The summed E-state index contributed by atoms with van der Waals surface area (Å²) in [7, 11) is 0. The van der Waals surface area contributed by atoms with Crippen LogP contribution in [0.25, 0.3) is 0 Å². The molecule has 1 heterocycles. The minimum atomic E-state index is 0.670. The molecule has 0 spiro atoms. The highest BCUT2D eigenvalue weighted by Crippen LogP contribution is 2.48. The fraction of sp³-hybridized carbons (Fsp3) is 0.0526. The summed E-state index contributed by atoms with van der Waals surface area (Å²) in [5, 5.41) is 0.670. The molecule has 0 aliphatic carbocycles. The molecule has 0 bridgehead atoms. The Morgan fingerprint density at radius 1 is 0.870 bits per heavy atom. The number of anilines is 2. The fourth-order valence-corrected chi connectivity index (χ4v) is 3.35. The quantitative estimate of drug-likeness (QED) is 0.495. The van der Waals surface area contributed by atoms with Crippen molar-refractivity contribution in [2.75, 3.05) is 4.90 Å². The van der Waals surface area contributed by atoms with Crippen LogP contribution in [0.4, 0.5) is 11.4 Å². The molecule has 3 aromatic rings. The van der Waals surface area contributed by atoms with Gasteiger partial charge in [-0.15, -0.1) is 0 Å². The Bertz CT molecular complexity index is 881. The predicted molar refractivity (Wildman–Crippen MR) is 98.0 cm³/mol. The zero-order valence-corrected chi connectivity index (χ0v) is 14.5. The van der Waals surface area contributed by atoms with Crippen molar-refractivity contribution in [1.29, 1.82) is 0 Å². The lowest BCUT2D eigenvalue weighted by Gasteiger charge is -2.33. The van der Waals surface area contributed by atoms with Crippen molar-refractivity contribution >= 4 is 38.9 Å². The Kier molecular flexibility index (Phi) is 3.76. The summed E-state index contributed by atoms with van der Waals surface area (Å²) in [5.41, 5.74) is 3.28. The molecule has 0 unspecified atom stereocenters. The van der Waals surface area contributed by atoms with Gasteiger partial charge < -0.3 is 9.64 Å². The van der Waals surface area contributed by atoms with Crippen molar-refractivity contribution < 1.29 is 4.74 Å². The van der Waals surface area contributed by atoms with E-state index in [1.165, 1.54) is 5.56 Å². The van der Waals surface area contributed by atoms with Crippen molar-refractivity contribution in [3.63, 3.8) is 0 Å². The molecule has 0 amide bonds. The van der Waals surface area contributed by atoms with Crippen LogP contribution in [0.3, 0.4) is 0 Å². The number of benzene rings is 3. The number of para-hydroxylation sites is 2. The second-order valence-electron chi connectivity index (χ2n) is 5.36. The lowest BCUT2D eigenvalue weighted by molar-refractivity contribution is 0.473. The van der Waals surface area contributed by atoms with Crippen LogP contribution in [0.2, 0.25) is 5.02 Å². The first kappa shape index (κ1) is 14.6. The first-order valence-corrected chi connectivity index (χ1v) is 8.47. The molecule has 0 fully saturated rings. The molecule has 0 N–H and O–H groups in total. The van der Waals surface area contributed by atoms with E-state index in [0.29, 0.717) is 5.02 Å². The Balaban J connectivity index is 1.84. The summed E-state index contributed by atoms with van der Waals surface area (Å²) >= 11 is 9.77. The number of fused-ring (bicyclic) bond motifs is 2. The number of nitrogens with zero attached hydrogens (tertiary/aromatic N) is 1. The third-order valence-electron chi connectivity index (χ3n) is 3.87. The first-order chi connectivity index (χ1) is 11.2. The van der Waals surface area contributed by atoms with Crippen molar-refractivity contribution in [3.8, 4) is 11.5 Å². The van der Waals surface area contributed by atoms with E-state index in [2.05, 4.69) is 45.1 Å². The third-order valence-corrected chi connectivity index (χ3v) is 4.88. The Hall–Kier alpha value is -1.97. The van der Waals surface area contributed by atoms with Gasteiger partial charge in [-0.05, 0) is 35.9 Å². The van der Waals surface area contributed by atoms with E-state index in [1.807, 2.05) is 42.5 Å². The highest BCUT2D eigenvalue weighted by Gasteiger charge is 2.24. The number of rotatable bonds is 2. The normalized spacial score (nSPS) is 12.3.